The summed E-state index contributed by atoms with van der Waals surface area (Å²) in [5, 5.41) is 17.8. The van der Waals surface area contributed by atoms with Crippen LogP contribution in [0.2, 0.25) is 5.02 Å². The third-order valence-electron chi connectivity index (χ3n) is 4.34. The second kappa shape index (κ2) is 7.32. The summed E-state index contributed by atoms with van der Waals surface area (Å²) >= 11 is 6.21. The molecular weight excluding hydrogens is 348 g/mol. The van der Waals surface area contributed by atoms with Crippen LogP contribution in [0.3, 0.4) is 0 Å². The van der Waals surface area contributed by atoms with Gasteiger partial charge in [0.2, 0.25) is 5.95 Å². The van der Waals surface area contributed by atoms with Crippen LogP contribution in [0.5, 0.6) is 0 Å². The van der Waals surface area contributed by atoms with Gasteiger partial charge in [0, 0.05) is 23.7 Å². The molecule has 1 atom stereocenters. The lowest BCUT2D eigenvalue weighted by Gasteiger charge is -2.24. The van der Waals surface area contributed by atoms with E-state index < -0.39 is 0 Å². The summed E-state index contributed by atoms with van der Waals surface area (Å²) < 4.78 is 1.88. The van der Waals surface area contributed by atoms with Crippen LogP contribution < -0.4 is 5.32 Å². The first kappa shape index (κ1) is 16.8. The van der Waals surface area contributed by atoms with Gasteiger partial charge in [-0.05, 0) is 35.8 Å². The van der Waals surface area contributed by atoms with E-state index in [0.717, 1.165) is 22.6 Å². The highest BCUT2D eigenvalue weighted by Crippen LogP contribution is 2.33. The molecule has 0 spiro atoms. The van der Waals surface area contributed by atoms with Crippen molar-refractivity contribution in [2.45, 2.75) is 18.9 Å². The molecule has 4 rings (SSSR count). The highest BCUT2D eigenvalue weighted by Gasteiger charge is 2.25. The molecule has 3 aromatic rings. The number of aliphatic hydroxyl groups excluding tert-OH is 1. The maximum absolute atomic E-state index is 9.08. The van der Waals surface area contributed by atoms with Gasteiger partial charge in [-0.15, -0.1) is 0 Å². The summed E-state index contributed by atoms with van der Waals surface area (Å²) in [6.45, 7) is 0.128. The first-order valence-corrected chi connectivity index (χ1v) is 8.98. The molecule has 0 saturated carbocycles. The minimum atomic E-state index is -0.101. The quantitative estimate of drug-likeness (QED) is 0.718. The second-order valence-corrected chi connectivity index (χ2v) is 6.63. The highest BCUT2D eigenvalue weighted by atomic mass is 35.5. The minimum absolute atomic E-state index is 0.101. The molecule has 5 nitrogen and oxygen atoms in total. The van der Waals surface area contributed by atoms with E-state index in [1.165, 1.54) is 0 Å². The second-order valence-electron chi connectivity index (χ2n) is 6.19. The number of nitrogens with one attached hydrogen (secondary N) is 1. The first-order chi connectivity index (χ1) is 12.7. The number of hydrogen-bond donors (Lipinski definition) is 2. The zero-order valence-corrected chi connectivity index (χ0v) is 14.9. The van der Waals surface area contributed by atoms with Crippen molar-refractivity contribution in [1.29, 1.82) is 0 Å². The summed E-state index contributed by atoms with van der Waals surface area (Å²) in [6.07, 6.45) is 3.42. The third-order valence-corrected chi connectivity index (χ3v) is 4.58. The highest BCUT2D eigenvalue weighted by molar-refractivity contribution is 6.30. The van der Waals surface area contributed by atoms with Crippen LogP contribution in [-0.4, -0.2) is 26.5 Å². The zero-order chi connectivity index (χ0) is 17.9. The Hall–Kier alpha value is -2.63. The molecule has 2 N–H and O–H groups in total. The van der Waals surface area contributed by atoms with Gasteiger partial charge >= 0.3 is 0 Å². The number of fused-ring (bicyclic) bond motifs is 1. The fraction of sp³-hybridized carbons (Fsp3) is 0.200. The number of aliphatic hydroxyl groups is 1. The van der Waals surface area contributed by atoms with E-state index in [4.69, 9.17) is 16.7 Å². The van der Waals surface area contributed by atoms with Crippen molar-refractivity contribution >= 4 is 23.2 Å². The fourth-order valence-electron chi connectivity index (χ4n) is 3.09. The number of aryl methyl sites for hydroxylation is 1. The largest absolute Gasteiger partial charge is 0.396 e. The lowest BCUT2D eigenvalue weighted by atomic mass is 10.0. The predicted octanol–water partition coefficient (Wildman–Crippen LogP) is 3.91. The van der Waals surface area contributed by atoms with Crippen molar-refractivity contribution in [1.82, 2.24) is 14.8 Å². The van der Waals surface area contributed by atoms with Crippen molar-refractivity contribution in [3.63, 3.8) is 0 Å². The molecule has 26 heavy (non-hydrogen) atoms. The summed E-state index contributed by atoms with van der Waals surface area (Å²) in [6, 6.07) is 17.8. The molecular formula is C20H19ClN4O. The summed E-state index contributed by atoms with van der Waals surface area (Å²) in [5.74, 6) is 1.42. The SMILES string of the molecule is OCCCc1nc2n(n1)C(c1cccc(Cl)c1)C=C(c1ccccc1)N2. The molecule has 2 aromatic carbocycles. The molecule has 0 aliphatic carbocycles. The number of aromatic nitrogens is 3. The molecule has 1 aliphatic rings. The molecule has 132 valence electrons. The number of benzene rings is 2. The maximum atomic E-state index is 9.08. The van der Waals surface area contributed by atoms with Gasteiger partial charge in [0.15, 0.2) is 5.82 Å². The van der Waals surface area contributed by atoms with Gasteiger partial charge in [0.05, 0.1) is 0 Å². The number of nitrogens with zero attached hydrogens (tertiary/aromatic N) is 3. The predicted molar refractivity (Wildman–Crippen MR) is 103 cm³/mol. The van der Waals surface area contributed by atoms with Crippen LogP contribution in [0.1, 0.15) is 29.4 Å². The number of anilines is 1. The van der Waals surface area contributed by atoms with Gasteiger partial charge in [-0.1, -0.05) is 54.1 Å². The number of hydrogen-bond acceptors (Lipinski definition) is 4. The van der Waals surface area contributed by atoms with Crippen molar-refractivity contribution in [3.05, 3.63) is 82.6 Å². The Morgan fingerprint density at radius 2 is 1.96 bits per heavy atom. The summed E-state index contributed by atoms with van der Waals surface area (Å²) in [7, 11) is 0. The van der Waals surface area contributed by atoms with E-state index in [0.29, 0.717) is 23.8 Å². The average molecular weight is 367 g/mol. The normalized spacial score (nSPS) is 15.9. The number of allylic oxidation sites excluding steroid dienone is 1. The molecule has 0 saturated heterocycles. The summed E-state index contributed by atoms with van der Waals surface area (Å²) in [4.78, 5) is 4.62. The van der Waals surface area contributed by atoms with E-state index in [2.05, 4.69) is 33.6 Å². The molecule has 1 unspecified atom stereocenters. The van der Waals surface area contributed by atoms with Gasteiger partial charge in [0.25, 0.3) is 0 Å². The average Bonchev–Trinajstić information content (AvgIpc) is 3.09. The van der Waals surface area contributed by atoms with Crippen molar-refractivity contribution in [3.8, 4) is 0 Å². The Morgan fingerprint density at radius 3 is 2.73 bits per heavy atom. The number of rotatable bonds is 5. The number of halogens is 1. The Kier molecular flexibility index (Phi) is 4.73. The molecule has 0 amide bonds. The van der Waals surface area contributed by atoms with Gasteiger partial charge < -0.3 is 10.4 Å². The van der Waals surface area contributed by atoms with Crippen molar-refractivity contribution < 1.29 is 5.11 Å². The minimum Gasteiger partial charge on any atom is -0.396 e. The van der Waals surface area contributed by atoms with E-state index >= 15 is 0 Å². The summed E-state index contributed by atoms with van der Waals surface area (Å²) in [5.41, 5.74) is 3.13. The monoisotopic (exact) mass is 366 g/mol. The molecule has 1 aliphatic heterocycles. The van der Waals surface area contributed by atoms with Crippen LogP contribution in [-0.2, 0) is 6.42 Å². The Balaban J connectivity index is 1.78. The van der Waals surface area contributed by atoms with E-state index in [9.17, 15) is 0 Å². The van der Waals surface area contributed by atoms with E-state index in [1.54, 1.807) is 0 Å². The standard InChI is InChI=1S/C20H19ClN4O/c21-16-9-4-8-15(12-16)18-13-17(14-6-2-1-3-7-14)22-20-23-19(10-5-11-26)24-25(18)20/h1-4,6-9,12-13,18,26H,5,10-11H2,(H,22,23,24). The van der Waals surface area contributed by atoms with E-state index in [-0.39, 0.29) is 12.6 Å². The molecule has 0 bridgehead atoms. The Morgan fingerprint density at radius 1 is 1.12 bits per heavy atom. The van der Waals surface area contributed by atoms with Gasteiger partial charge in [-0.3, -0.25) is 0 Å². The molecule has 0 radical (unpaired) electrons. The fourth-order valence-corrected chi connectivity index (χ4v) is 3.29. The molecule has 6 heteroatoms. The van der Waals surface area contributed by atoms with E-state index in [1.807, 2.05) is 47.1 Å². The van der Waals surface area contributed by atoms with Crippen LogP contribution in [0, 0.1) is 0 Å². The topological polar surface area (TPSA) is 63.0 Å². The molecule has 1 aromatic heterocycles. The zero-order valence-electron chi connectivity index (χ0n) is 14.1. The van der Waals surface area contributed by atoms with Gasteiger partial charge in [0.1, 0.15) is 6.04 Å². The van der Waals surface area contributed by atoms with Crippen LogP contribution in [0.15, 0.2) is 60.7 Å². The smallest absolute Gasteiger partial charge is 0.226 e. The van der Waals surface area contributed by atoms with Gasteiger partial charge in [-0.25, -0.2) is 4.68 Å². The van der Waals surface area contributed by atoms with Crippen LogP contribution in [0.25, 0.3) is 5.70 Å². The Labute approximate surface area is 157 Å². The van der Waals surface area contributed by atoms with Crippen molar-refractivity contribution in [2.75, 3.05) is 11.9 Å². The lowest BCUT2D eigenvalue weighted by Crippen LogP contribution is -2.20. The van der Waals surface area contributed by atoms with Crippen molar-refractivity contribution in [2.24, 2.45) is 0 Å². The van der Waals surface area contributed by atoms with Crippen LogP contribution in [0.4, 0.5) is 5.95 Å². The lowest BCUT2D eigenvalue weighted by molar-refractivity contribution is 0.287. The first-order valence-electron chi connectivity index (χ1n) is 8.60. The molecule has 0 fully saturated rings. The third kappa shape index (κ3) is 3.36. The van der Waals surface area contributed by atoms with Crippen LogP contribution >= 0.6 is 11.6 Å². The Bertz CT molecular complexity index is 936. The molecule has 2 heterocycles. The maximum Gasteiger partial charge on any atom is 0.226 e. The van der Waals surface area contributed by atoms with Gasteiger partial charge in [-0.2, -0.15) is 10.1 Å².